The van der Waals surface area contributed by atoms with Crippen molar-refractivity contribution in [2.24, 2.45) is 5.73 Å². The van der Waals surface area contributed by atoms with Gasteiger partial charge in [-0.05, 0) is 13.8 Å². The lowest BCUT2D eigenvalue weighted by molar-refractivity contribution is -0.119. The molecule has 1 aromatic heterocycles. The van der Waals surface area contributed by atoms with E-state index in [9.17, 15) is 13.2 Å². The maximum absolute atomic E-state index is 12.3. The highest BCUT2D eigenvalue weighted by Crippen LogP contribution is 2.28. The number of anilines is 1. The van der Waals surface area contributed by atoms with Crippen molar-refractivity contribution in [1.29, 1.82) is 0 Å². The van der Waals surface area contributed by atoms with Crippen LogP contribution < -0.4 is 10.6 Å². The summed E-state index contributed by atoms with van der Waals surface area (Å²) in [7, 11) is 0. The average Bonchev–Trinajstić information content (AvgIpc) is 2.61. The number of nitrogens with two attached hydrogens (primary N) is 1. The summed E-state index contributed by atoms with van der Waals surface area (Å²) in [6.07, 6.45) is -2.68. The zero-order valence-corrected chi connectivity index (χ0v) is 9.90. The summed E-state index contributed by atoms with van der Waals surface area (Å²) in [5.74, 6) is 0. The summed E-state index contributed by atoms with van der Waals surface area (Å²) < 4.78 is 36.8. The van der Waals surface area contributed by atoms with Gasteiger partial charge in [-0.1, -0.05) is 0 Å². The Kier molecular flexibility index (Phi) is 4.15. The molecule has 7 heteroatoms. The topological polar surface area (TPSA) is 42.2 Å². The first-order valence-corrected chi connectivity index (χ1v) is 5.68. The van der Waals surface area contributed by atoms with E-state index in [-0.39, 0.29) is 12.6 Å². The lowest BCUT2D eigenvalue weighted by atomic mass is 10.3. The van der Waals surface area contributed by atoms with Crippen molar-refractivity contribution in [1.82, 2.24) is 4.98 Å². The van der Waals surface area contributed by atoms with E-state index in [1.807, 2.05) is 0 Å². The summed E-state index contributed by atoms with van der Waals surface area (Å²) in [5.41, 5.74) is 5.63. The van der Waals surface area contributed by atoms with Crippen LogP contribution >= 0.6 is 11.3 Å². The van der Waals surface area contributed by atoms with Gasteiger partial charge in [0.25, 0.3) is 0 Å². The van der Waals surface area contributed by atoms with Gasteiger partial charge in [-0.15, -0.1) is 11.3 Å². The van der Waals surface area contributed by atoms with Gasteiger partial charge >= 0.3 is 6.18 Å². The Bertz CT molecular complexity index is 335. The van der Waals surface area contributed by atoms with Crippen molar-refractivity contribution in [3.63, 3.8) is 0 Å². The van der Waals surface area contributed by atoms with Crippen molar-refractivity contribution in [3.05, 3.63) is 11.1 Å². The van der Waals surface area contributed by atoms with Crippen LogP contribution in [-0.2, 0) is 0 Å². The second-order valence-corrected chi connectivity index (χ2v) is 4.50. The number of hydrogen-bond donors (Lipinski definition) is 1. The van der Waals surface area contributed by atoms with Gasteiger partial charge in [0.2, 0.25) is 0 Å². The summed E-state index contributed by atoms with van der Waals surface area (Å²) >= 11 is 1.20. The number of rotatable bonds is 4. The molecule has 0 radical (unpaired) electrons. The quantitative estimate of drug-likeness (QED) is 0.896. The molecule has 0 saturated carbocycles. The molecule has 1 aromatic rings. The third-order valence-corrected chi connectivity index (χ3v) is 3.24. The lowest BCUT2D eigenvalue weighted by Crippen LogP contribution is -2.33. The molecule has 0 aromatic carbocycles. The normalized spacial score (nSPS) is 13.9. The molecule has 0 aliphatic carbocycles. The van der Waals surface area contributed by atoms with E-state index in [1.54, 1.807) is 13.8 Å². The molecule has 1 rings (SSSR count). The highest BCUT2D eigenvalue weighted by molar-refractivity contribution is 7.15. The van der Waals surface area contributed by atoms with Crippen molar-refractivity contribution >= 4 is 16.5 Å². The van der Waals surface area contributed by atoms with Gasteiger partial charge in [-0.25, -0.2) is 4.98 Å². The zero-order chi connectivity index (χ0) is 12.3. The maximum Gasteiger partial charge on any atom is 0.406 e. The Morgan fingerprint density at radius 2 is 2.19 bits per heavy atom. The van der Waals surface area contributed by atoms with Crippen LogP contribution in [0.25, 0.3) is 0 Å². The number of aromatic nitrogens is 1. The molecule has 1 atom stereocenters. The van der Waals surface area contributed by atoms with Crippen LogP contribution in [0, 0.1) is 0 Å². The Hall–Kier alpha value is -0.820. The molecule has 0 spiro atoms. The summed E-state index contributed by atoms with van der Waals surface area (Å²) in [4.78, 5) is 5.94. The largest absolute Gasteiger partial charge is 0.406 e. The molecule has 1 heterocycles. The highest BCUT2D eigenvalue weighted by Gasteiger charge is 2.31. The van der Waals surface area contributed by atoms with E-state index in [4.69, 9.17) is 5.73 Å². The molecule has 0 bridgehead atoms. The maximum atomic E-state index is 12.3. The van der Waals surface area contributed by atoms with E-state index in [0.717, 1.165) is 4.88 Å². The van der Waals surface area contributed by atoms with Crippen LogP contribution in [0.5, 0.6) is 0 Å². The van der Waals surface area contributed by atoms with Gasteiger partial charge in [0.05, 0.1) is 0 Å². The Balaban J connectivity index is 2.79. The van der Waals surface area contributed by atoms with Gasteiger partial charge in [0, 0.05) is 23.7 Å². The molecule has 0 saturated heterocycles. The third kappa shape index (κ3) is 3.64. The van der Waals surface area contributed by atoms with Crippen LogP contribution in [0.15, 0.2) is 6.20 Å². The van der Waals surface area contributed by atoms with Crippen molar-refractivity contribution in [2.75, 3.05) is 18.0 Å². The number of halogens is 3. The summed E-state index contributed by atoms with van der Waals surface area (Å²) in [6.45, 7) is 2.73. The second kappa shape index (κ2) is 5.01. The molecular formula is C9H14F3N3S. The van der Waals surface area contributed by atoms with E-state index in [2.05, 4.69) is 4.98 Å². The molecule has 0 fully saturated rings. The highest BCUT2D eigenvalue weighted by atomic mass is 32.1. The van der Waals surface area contributed by atoms with Crippen LogP contribution in [0.3, 0.4) is 0 Å². The second-order valence-electron chi connectivity index (χ2n) is 3.46. The minimum atomic E-state index is -4.21. The summed E-state index contributed by atoms with van der Waals surface area (Å²) in [5, 5.41) is 0.368. The first-order valence-electron chi connectivity index (χ1n) is 4.86. The molecule has 1 unspecified atom stereocenters. The number of thiazole rings is 1. The average molecular weight is 253 g/mol. The van der Waals surface area contributed by atoms with Gasteiger partial charge in [0.1, 0.15) is 6.54 Å². The molecule has 2 N–H and O–H groups in total. The lowest BCUT2D eigenvalue weighted by Gasteiger charge is -2.21. The molecule has 16 heavy (non-hydrogen) atoms. The molecule has 3 nitrogen and oxygen atoms in total. The van der Waals surface area contributed by atoms with E-state index in [1.165, 1.54) is 22.4 Å². The third-order valence-electron chi connectivity index (χ3n) is 1.98. The Morgan fingerprint density at radius 1 is 1.56 bits per heavy atom. The van der Waals surface area contributed by atoms with Crippen molar-refractivity contribution < 1.29 is 13.2 Å². The molecule has 92 valence electrons. The standard InChI is InChI=1S/C9H14F3N3S/c1-3-15(5-9(10,11)12)8-14-4-7(16-8)6(2)13/h4,6H,3,5,13H2,1-2H3. The van der Waals surface area contributed by atoms with E-state index >= 15 is 0 Å². The van der Waals surface area contributed by atoms with Crippen molar-refractivity contribution in [2.45, 2.75) is 26.1 Å². The number of nitrogens with zero attached hydrogens (tertiary/aromatic N) is 2. The van der Waals surface area contributed by atoms with Crippen LogP contribution in [-0.4, -0.2) is 24.2 Å². The van der Waals surface area contributed by atoms with E-state index in [0.29, 0.717) is 5.13 Å². The fraction of sp³-hybridized carbons (Fsp3) is 0.667. The minimum absolute atomic E-state index is 0.198. The fourth-order valence-electron chi connectivity index (χ4n) is 1.16. The Morgan fingerprint density at radius 3 is 2.56 bits per heavy atom. The molecule has 0 aliphatic rings. The predicted molar refractivity (Wildman–Crippen MR) is 58.7 cm³/mol. The molecule has 0 aliphatic heterocycles. The molecule has 0 amide bonds. The predicted octanol–water partition coefficient (Wildman–Crippen LogP) is 2.55. The SMILES string of the molecule is CCN(CC(F)(F)F)c1ncc(C(C)N)s1. The zero-order valence-electron chi connectivity index (χ0n) is 9.08. The van der Waals surface area contributed by atoms with Crippen LogP contribution in [0.4, 0.5) is 18.3 Å². The Labute approximate surface area is 96.1 Å². The van der Waals surface area contributed by atoms with Gasteiger partial charge in [-0.2, -0.15) is 13.2 Å². The fourth-order valence-corrected chi connectivity index (χ4v) is 2.10. The summed E-state index contributed by atoms with van der Waals surface area (Å²) in [6, 6.07) is -0.198. The van der Waals surface area contributed by atoms with Gasteiger partial charge in [-0.3, -0.25) is 0 Å². The van der Waals surface area contributed by atoms with Gasteiger partial charge < -0.3 is 10.6 Å². The number of hydrogen-bond acceptors (Lipinski definition) is 4. The smallest absolute Gasteiger partial charge is 0.339 e. The van der Waals surface area contributed by atoms with E-state index < -0.39 is 12.7 Å². The van der Waals surface area contributed by atoms with Crippen molar-refractivity contribution in [3.8, 4) is 0 Å². The monoisotopic (exact) mass is 253 g/mol. The first kappa shape index (κ1) is 13.2. The molecular weight excluding hydrogens is 239 g/mol. The number of alkyl halides is 3. The van der Waals surface area contributed by atoms with Crippen LogP contribution in [0.1, 0.15) is 24.8 Å². The minimum Gasteiger partial charge on any atom is -0.339 e. The van der Waals surface area contributed by atoms with Crippen LogP contribution in [0.2, 0.25) is 0 Å². The van der Waals surface area contributed by atoms with Gasteiger partial charge in [0.15, 0.2) is 5.13 Å². The first-order chi connectivity index (χ1) is 7.33.